The highest BCUT2D eigenvalue weighted by Gasteiger charge is 2.34. The van der Waals surface area contributed by atoms with E-state index >= 15 is 0 Å². The fourth-order valence-corrected chi connectivity index (χ4v) is 3.30. The van der Waals surface area contributed by atoms with Gasteiger partial charge >= 0.3 is 0 Å². The molecule has 23 heavy (non-hydrogen) atoms. The lowest BCUT2D eigenvalue weighted by molar-refractivity contribution is 0.127. The van der Waals surface area contributed by atoms with Crippen LogP contribution in [-0.4, -0.2) is 51.0 Å². The summed E-state index contributed by atoms with van der Waals surface area (Å²) in [4.78, 5) is 4.31. The molecular formula is C17H36IN3O2. The third-order valence-electron chi connectivity index (χ3n) is 4.38. The van der Waals surface area contributed by atoms with Gasteiger partial charge in [0.05, 0.1) is 6.61 Å². The van der Waals surface area contributed by atoms with Gasteiger partial charge in [-0.2, -0.15) is 0 Å². The van der Waals surface area contributed by atoms with E-state index in [0.29, 0.717) is 5.92 Å². The molecule has 1 heterocycles. The second kappa shape index (κ2) is 10.7. The smallest absolute Gasteiger partial charge is 0.191 e. The zero-order valence-corrected chi connectivity index (χ0v) is 17.8. The summed E-state index contributed by atoms with van der Waals surface area (Å²) in [5.41, 5.74) is 0.283. The SMILES string of the molecule is CN=C(NCC(C)(C)CC(C)C)NCC1(CCO)CCOC1.I. The van der Waals surface area contributed by atoms with E-state index in [1.165, 1.54) is 6.42 Å². The number of aliphatic hydroxyl groups is 1. The Morgan fingerprint density at radius 1 is 1.35 bits per heavy atom. The molecule has 0 aromatic rings. The molecule has 1 unspecified atom stereocenters. The van der Waals surface area contributed by atoms with Crippen LogP contribution in [0.25, 0.3) is 0 Å². The van der Waals surface area contributed by atoms with Crippen molar-refractivity contribution in [3.63, 3.8) is 0 Å². The summed E-state index contributed by atoms with van der Waals surface area (Å²) >= 11 is 0. The third kappa shape index (κ3) is 8.54. The summed E-state index contributed by atoms with van der Waals surface area (Å²) in [6, 6.07) is 0. The van der Waals surface area contributed by atoms with Crippen molar-refractivity contribution >= 4 is 29.9 Å². The van der Waals surface area contributed by atoms with E-state index in [1.807, 2.05) is 0 Å². The Kier molecular flexibility index (Phi) is 10.7. The number of aliphatic hydroxyl groups excluding tert-OH is 1. The lowest BCUT2D eigenvalue weighted by Gasteiger charge is -2.30. The minimum Gasteiger partial charge on any atom is -0.396 e. The molecule has 0 radical (unpaired) electrons. The fraction of sp³-hybridized carbons (Fsp3) is 0.941. The summed E-state index contributed by atoms with van der Waals surface area (Å²) in [6.07, 6.45) is 2.95. The first-order valence-corrected chi connectivity index (χ1v) is 8.46. The minimum atomic E-state index is 0. The van der Waals surface area contributed by atoms with Crippen LogP contribution in [0.1, 0.15) is 47.0 Å². The number of aliphatic imine (C=N–C) groups is 1. The topological polar surface area (TPSA) is 65.9 Å². The average Bonchev–Trinajstić information content (AvgIpc) is 2.87. The first kappa shape index (κ1) is 22.9. The van der Waals surface area contributed by atoms with Crippen LogP contribution in [0.4, 0.5) is 0 Å². The fourth-order valence-electron chi connectivity index (χ4n) is 3.30. The van der Waals surface area contributed by atoms with Crippen molar-refractivity contribution in [2.75, 3.05) is 40.0 Å². The van der Waals surface area contributed by atoms with E-state index in [2.05, 4.69) is 43.3 Å². The Balaban J connectivity index is 0.00000484. The van der Waals surface area contributed by atoms with E-state index in [0.717, 1.165) is 45.1 Å². The van der Waals surface area contributed by atoms with Crippen molar-refractivity contribution < 1.29 is 9.84 Å². The Labute approximate surface area is 159 Å². The van der Waals surface area contributed by atoms with Gasteiger partial charge in [-0.05, 0) is 30.6 Å². The summed E-state index contributed by atoms with van der Waals surface area (Å²) in [5.74, 6) is 1.52. The van der Waals surface area contributed by atoms with Gasteiger partial charge in [0.1, 0.15) is 0 Å². The molecule has 138 valence electrons. The standard InChI is InChI=1S/C17H35N3O2.HI/c1-14(2)10-16(3,4)11-19-15(18-5)20-12-17(6-8-21)7-9-22-13-17;/h14,21H,6-13H2,1-5H3,(H2,18,19,20);1H. The molecule has 1 saturated heterocycles. The maximum Gasteiger partial charge on any atom is 0.191 e. The molecule has 1 aliphatic heterocycles. The maximum absolute atomic E-state index is 9.28. The monoisotopic (exact) mass is 441 g/mol. The van der Waals surface area contributed by atoms with Gasteiger partial charge in [0.25, 0.3) is 0 Å². The largest absolute Gasteiger partial charge is 0.396 e. The molecule has 0 saturated carbocycles. The molecule has 1 fully saturated rings. The minimum absolute atomic E-state index is 0. The van der Waals surface area contributed by atoms with Gasteiger partial charge in [-0.25, -0.2) is 0 Å². The van der Waals surface area contributed by atoms with Crippen molar-refractivity contribution in [2.24, 2.45) is 21.7 Å². The van der Waals surface area contributed by atoms with E-state index in [9.17, 15) is 5.11 Å². The molecule has 0 aliphatic carbocycles. The summed E-state index contributed by atoms with van der Waals surface area (Å²) in [7, 11) is 1.80. The average molecular weight is 441 g/mol. The van der Waals surface area contributed by atoms with Gasteiger partial charge in [-0.15, -0.1) is 24.0 Å². The van der Waals surface area contributed by atoms with Crippen molar-refractivity contribution in [2.45, 2.75) is 47.0 Å². The predicted molar refractivity (Wildman–Crippen MR) is 108 cm³/mol. The Morgan fingerprint density at radius 2 is 2.04 bits per heavy atom. The maximum atomic E-state index is 9.28. The lowest BCUT2D eigenvalue weighted by Crippen LogP contribution is -2.46. The molecule has 3 N–H and O–H groups in total. The molecule has 1 atom stereocenters. The molecule has 1 aliphatic rings. The Morgan fingerprint density at radius 3 is 2.52 bits per heavy atom. The zero-order valence-electron chi connectivity index (χ0n) is 15.4. The normalized spacial score (nSPS) is 22.1. The molecular weight excluding hydrogens is 405 g/mol. The number of nitrogens with zero attached hydrogens (tertiary/aromatic N) is 1. The molecule has 6 heteroatoms. The second-order valence-electron chi connectivity index (χ2n) is 7.82. The van der Waals surface area contributed by atoms with E-state index in [4.69, 9.17) is 4.74 Å². The van der Waals surface area contributed by atoms with E-state index < -0.39 is 0 Å². The molecule has 0 bridgehead atoms. The van der Waals surface area contributed by atoms with Gasteiger partial charge in [0.2, 0.25) is 0 Å². The summed E-state index contributed by atoms with van der Waals surface area (Å²) < 4.78 is 5.53. The molecule has 0 aromatic carbocycles. The highest BCUT2D eigenvalue weighted by atomic mass is 127. The van der Waals surface area contributed by atoms with Crippen LogP contribution in [0.3, 0.4) is 0 Å². The van der Waals surface area contributed by atoms with Crippen LogP contribution in [0, 0.1) is 16.7 Å². The number of guanidine groups is 1. The molecule has 0 spiro atoms. The number of nitrogens with one attached hydrogen (secondary N) is 2. The van der Waals surface area contributed by atoms with Crippen LogP contribution in [0.15, 0.2) is 4.99 Å². The van der Waals surface area contributed by atoms with Gasteiger partial charge < -0.3 is 20.5 Å². The van der Waals surface area contributed by atoms with Crippen molar-refractivity contribution in [3.05, 3.63) is 0 Å². The zero-order chi connectivity index (χ0) is 16.6. The number of rotatable bonds is 8. The van der Waals surface area contributed by atoms with Crippen LogP contribution >= 0.6 is 24.0 Å². The van der Waals surface area contributed by atoms with Crippen LogP contribution in [0.2, 0.25) is 0 Å². The van der Waals surface area contributed by atoms with Crippen LogP contribution in [0.5, 0.6) is 0 Å². The number of ether oxygens (including phenoxy) is 1. The van der Waals surface area contributed by atoms with Crippen LogP contribution < -0.4 is 10.6 Å². The summed E-state index contributed by atoms with van der Waals surface area (Å²) in [6.45, 7) is 12.5. The molecule has 1 rings (SSSR count). The highest BCUT2D eigenvalue weighted by Crippen LogP contribution is 2.31. The molecule has 5 nitrogen and oxygen atoms in total. The van der Waals surface area contributed by atoms with Gasteiger partial charge in [0.15, 0.2) is 5.96 Å². The summed E-state index contributed by atoms with van der Waals surface area (Å²) in [5, 5.41) is 16.1. The Bertz CT molecular complexity index is 354. The lowest BCUT2D eigenvalue weighted by atomic mass is 9.83. The first-order chi connectivity index (χ1) is 10.3. The van der Waals surface area contributed by atoms with E-state index in [1.54, 1.807) is 7.05 Å². The number of halogens is 1. The first-order valence-electron chi connectivity index (χ1n) is 8.46. The van der Waals surface area contributed by atoms with Crippen molar-refractivity contribution in [3.8, 4) is 0 Å². The number of hydrogen-bond donors (Lipinski definition) is 3. The second-order valence-corrected chi connectivity index (χ2v) is 7.82. The highest BCUT2D eigenvalue weighted by molar-refractivity contribution is 14.0. The predicted octanol–water partition coefficient (Wildman–Crippen LogP) is 2.63. The number of hydrogen-bond acceptors (Lipinski definition) is 3. The molecule has 0 amide bonds. The Hall–Kier alpha value is -0.0800. The van der Waals surface area contributed by atoms with Gasteiger partial charge in [0, 0.05) is 38.8 Å². The van der Waals surface area contributed by atoms with E-state index in [-0.39, 0.29) is 41.4 Å². The van der Waals surface area contributed by atoms with Gasteiger partial charge in [-0.3, -0.25) is 4.99 Å². The quantitative estimate of drug-likeness (QED) is 0.308. The third-order valence-corrected chi connectivity index (χ3v) is 4.38. The van der Waals surface area contributed by atoms with Gasteiger partial charge in [-0.1, -0.05) is 27.7 Å². The van der Waals surface area contributed by atoms with Crippen molar-refractivity contribution in [1.29, 1.82) is 0 Å². The van der Waals surface area contributed by atoms with Crippen LogP contribution in [-0.2, 0) is 4.74 Å². The van der Waals surface area contributed by atoms with Crippen molar-refractivity contribution in [1.82, 2.24) is 10.6 Å². The molecule has 0 aromatic heterocycles.